The summed E-state index contributed by atoms with van der Waals surface area (Å²) in [6.45, 7) is 2.63. The van der Waals surface area contributed by atoms with E-state index in [1.165, 1.54) is 141 Å². The Morgan fingerprint density at radius 1 is 0.416 bits per heavy atom. The largest absolute Gasteiger partial charge is 0.394 e. The molecule has 0 spiro atoms. The van der Waals surface area contributed by atoms with E-state index < -0.39 is 86.8 Å². The molecule has 0 aromatic carbocycles. The third kappa shape index (κ3) is 42.3. The fraction of sp³-hybridized carbons (Fsp3) is 0.720. The molecule has 12 unspecified atom stereocenters. The molecular formula is C75H127NO13. The summed E-state index contributed by atoms with van der Waals surface area (Å²) >= 11 is 0. The number of rotatable bonds is 56. The van der Waals surface area contributed by atoms with E-state index in [0.717, 1.165) is 70.6 Å². The minimum atomic E-state index is -1.81. The maximum absolute atomic E-state index is 13.3. The summed E-state index contributed by atoms with van der Waals surface area (Å²) in [6.07, 6.45) is 68.4. The van der Waals surface area contributed by atoms with Crippen molar-refractivity contribution in [1.82, 2.24) is 5.32 Å². The van der Waals surface area contributed by atoms with E-state index in [0.29, 0.717) is 19.3 Å². The summed E-state index contributed by atoms with van der Waals surface area (Å²) in [5, 5.41) is 87.3. The minimum Gasteiger partial charge on any atom is -0.394 e. The van der Waals surface area contributed by atoms with Crippen molar-refractivity contribution in [3.05, 3.63) is 122 Å². The number of aliphatic hydroxyl groups is 8. The van der Waals surface area contributed by atoms with Crippen LogP contribution in [0.15, 0.2) is 122 Å². The Hall–Kier alpha value is -3.61. The Kier molecular flexibility index (Phi) is 53.3. The predicted molar refractivity (Wildman–Crippen MR) is 364 cm³/mol. The highest BCUT2D eigenvalue weighted by Crippen LogP contribution is 2.30. The Labute approximate surface area is 539 Å². The number of unbranched alkanes of at least 4 members (excludes halogenated alkanes) is 25. The van der Waals surface area contributed by atoms with Crippen LogP contribution in [0.3, 0.4) is 0 Å². The second-order valence-electron chi connectivity index (χ2n) is 24.3. The van der Waals surface area contributed by atoms with Crippen LogP contribution in [-0.2, 0) is 23.7 Å². The first-order valence-corrected chi connectivity index (χ1v) is 35.3. The molecule has 0 aromatic heterocycles. The molecule has 14 heteroatoms. The van der Waals surface area contributed by atoms with E-state index in [9.17, 15) is 45.6 Å². The number of aliphatic hydroxyl groups excluding tert-OH is 8. The summed E-state index contributed by atoms with van der Waals surface area (Å²) < 4.78 is 22.8. The molecule has 2 fully saturated rings. The zero-order valence-electron chi connectivity index (χ0n) is 55.4. The summed E-state index contributed by atoms with van der Waals surface area (Å²) in [5.74, 6) is -0.314. The van der Waals surface area contributed by atoms with Crippen molar-refractivity contribution in [3.63, 3.8) is 0 Å². The van der Waals surface area contributed by atoms with Gasteiger partial charge in [-0.05, 0) is 96.3 Å². The van der Waals surface area contributed by atoms with Gasteiger partial charge in [0, 0.05) is 6.42 Å². The molecule has 89 heavy (non-hydrogen) atoms. The lowest BCUT2D eigenvalue weighted by Crippen LogP contribution is -2.65. The Morgan fingerprint density at radius 3 is 1.24 bits per heavy atom. The van der Waals surface area contributed by atoms with Crippen LogP contribution in [0.25, 0.3) is 0 Å². The Balaban J connectivity index is 1.73. The van der Waals surface area contributed by atoms with Gasteiger partial charge in [-0.3, -0.25) is 4.79 Å². The maximum atomic E-state index is 13.3. The van der Waals surface area contributed by atoms with Crippen molar-refractivity contribution in [1.29, 1.82) is 0 Å². The van der Waals surface area contributed by atoms with Gasteiger partial charge in [-0.1, -0.05) is 270 Å². The number of carbonyl (C=O) groups excluding carboxylic acids is 1. The number of allylic oxidation sites excluding steroid dienone is 19. The summed E-state index contributed by atoms with van der Waals surface area (Å²) in [6, 6.07) is -0.980. The zero-order valence-corrected chi connectivity index (χ0v) is 55.4. The van der Waals surface area contributed by atoms with Crippen molar-refractivity contribution in [3.8, 4) is 0 Å². The van der Waals surface area contributed by atoms with E-state index in [2.05, 4.69) is 122 Å². The van der Waals surface area contributed by atoms with Gasteiger partial charge in [-0.15, -0.1) is 0 Å². The van der Waals surface area contributed by atoms with E-state index in [1.807, 2.05) is 12.2 Å². The molecule has 9 N–H and O–H groups in total. The fourth-order valence-corrected chi connectivity index (χ4v) is 10.8. The number of nitrogens with one attached hydrogen (secondary N) is 1. The normalized spacial score (nSPS) is 23.8. The van der Waals surface area contributed by atoms with E-state index in [1.54, 1.807) is 6.08 Å². The lowest BCUT2D eigenvalue weighted by atomic mass is 9.97. The van der Waals surface area contributed by atoms with Gasteiger partial charge >= 0.3 is 0 Å². The number of hydrogen-bond acceptors (Lipinski definition) is 13. The average molecular weight is 1250 g/mol. The highest BCUT2D eigenvalue weighted by Gasteiger charge is 2.51. The molecule has 0 aliphatic carbocycles. The van der Waals surface area contributed by atoms with Crippen LogP contribution in [0.2, 0.25) is 0 Å². The minimum absolute atomic E-state index is 0.182. The monoisotopic (exact) mass is 1250 g/mol. The predicted octanol–water partition coefficient (Wildman–Crippen LogP) is 14.5. The van der Waals surface area contributed by atoms with Gasteiger partial charge in [0.05, 0.1) is 32.0 Å². The first-order chi connectivity index (χ1) is 43.6. The van der Waals surface area contributed by atoms with Crippen molar-refractivity contribution in [2.24, 2.45) is 0 Å². The third-order valence-corrected chi connectivity index (χ3v) is 16.4. The van der Waals surface area contributed by atoms with Gasteiger partial charge in [0.15, 0.2) is 12.6 Å². The van der Waals surface area contributed by atoms with Crippen molar-refractivity contribution in [2.45, 2.75) is 325 Å². The van der Waals surface area contributed by atoms with Crippen molar-refractivity contribution < 1.29 is 64.6 Å². The molecule has 1 amide bonds. The quantitative estimate of drug-likeness (QED) is 0.0204. The molecule has 2 saturated heterocycles. The molecule has 2 aliphatic heterocycles. The highest BCUT2D eigenvalue weighted by atomic mass is 16.7. The third-order valence-electron chi connectivity index (χ3n) is 16.4. The molecule has 2 heterocycles. The molecule has 510 valence electrons. The Morgan fingerprint density at radius 2 is 0.787 bits per heavy atom. The number of hydrogen-bond donors (Lipinski definition) is 9. The van der Waals surface area contributed by atoms with E-state index >= 15 is 0 Å². The molecular weight excluding hydrogens is 1120 g/mol. The van der Waals surface area contributed by atoms with Crippen LogP contribution < -0.4 is 5.32 Å². The van der Waals surface area contributed by atoms with Crippen LogP contribution in [0.1, 0.15) is 251 Å². The lowest BCUT2D eigenvalue weighted by Gasteiger charge is -2.46. The van der Waals surface area contributed by atoms with Gasteiger partial charge in [-0.2, -0.15) is 0 Å². The first kappa shape index (κ1) is 81.5. The first-order valence-electron chi connectivity index (χ1n) is 35.3. The summed E-state index contributed by atoms with van der Waals surface area (Å²) in [4.78, 5) is 13.3. The fourth-order valence-electron chi connectivity index (χ4n) is 10.8. The highest BCUT2D eigenvalue weighted by molar-refractivity contribution is 5.76. The van der Waals surface area contributed by atoms with Crippen LogP contribution in [0.4, 0.5) is 0 Å². The Bertz CT molecular complexity index is 1960. The van der Waals surface area contributed by atoms with Crippen LogP contribution in [0, 0.1) is 0 Å². The molecule has 12 atom stereocenters. The van der Waals surface area contributed by atoms with Gasteiger partial charge in [-0.25, -0.2) is 0 Å². The van der Waals surface area contributed by atoms with Gasteiger partial charge < -0.3 is 65.1 Å². The van der Waals surface area contributed by atoms with Gasteiger partial charge in [0.1, 0.15) is 48.8 Å². The summed E-state index contributed by atoms with van der Waals surface area (Å²) in [7, 11) is 0. The van der Waals surface area contributed by atoms with E-state index in [4.69, 9.17) is 18.9 Å². The van der Waals surface area contributed by atoms with Gasteiger partial charge in [0.2, 0.25) is 5.91 Å². The molecule has 2 rings (SSSR count). The molecule has 14 nitrogen and oxygen atoms in total. The molecule has 0 aromatic rings. The second-order valence-corrected chi connectivity index (χ2v) is 24.3. The topological polar surface area (TPSA) is 228 Å². The standard InChI is InChI=1S/C75H127NO13/c1-3-5-7-9-11-13-15-17-19-21-23-25-27-28-29-30-31-32-33-34-35-37-38-40-42-44-46-48-50-52-54-56-58-64(79)63(62-86-74-72(85)70(83)73(66(61-78)88-74)89-75-71(84)69(82)68(81)65(60-77)87-75)76-67(80)59-57-55-53-51-49-47-45-43-41-39-36-26-24-22-20-18-16-14-12-10-8-6-4-2/h6,8,12,14,18,20,24,26,39-42,45,47-48,50-51,53,56,58,63-66,68-75,77-79,81-85H,3-5,7,9-11,13,15-17,19,21-23,25,27-38,43-44,46,49,52,54-55,57,59-62H2,1-2H3,(H,76,80)/b8-6-,14-12-,20-18-,26-24-,41-39-,42-40+,47-45-,50-48+,53-51-,58-56+. The zero-order chi connectivity index (χ0) is 64.5. The number of amides is 1. The smallest absolute Gasteiger partial charge is 0.220 e. The van der Waals surface area contributed by atoms with Crippen molar-refractivity contribution >= 4 is 5.91 Å². The maximum Gasteiger partial charge on any atom is 0.220 e. The van der Waals surface area contributed by atoms with Crippen LogP contribution in [0.5, 0.6) is 0 Å². The van der Waals surface area contributed by atoms with Crippen LogP contribution >= 0.6 is 0 Å². The van der Waals surface area contributed by atoms with Crippen molar-refractivity contribution in [2.75, 3.05) is 19.8 Å². The van der Waals surface area contributed by atoms with Gasteiger partial charge in [0.25, 0.3) is 0 Å². The van der Waals surface area contributed by atoms with Crippen LogP contribution in [-0.4, -0.2) is 140 Å². The molecule has 0 radical (unpaired) electrons. The average Bonchev–Trinajstić information content (AvgIpc) is 3.63. The van der Waals surface area contributed by atoms with E-state index in [-0.39, 0.29) is 18.9 Å². The lowest BCUT2D eigenvalue weighted by molar-refractivity contribution is -0.359. The number of carbonyl (C=O) groups is 1. The SMILES string of the molecule is CC/C=C\C/C=C\C/C=C\C/C=C\C/C=C\C/C=C\C/C=C\CCCC(=O)NC(COC1OC(CO)C(OC2OC(CO)C(O)C(O)C2O)C(O)C1O)C(O)/C=C/CC/C=C/CC/C=C/CCCCCCCCCCCCCCCCCCCCCCCC. The molecule has 0 saturated carbocycles. The summed E-state index contributed by atoms with van der Waals surface area (Å²) in [5.41, 5.74) is 0. The molecule has 0 bridgehead atoms. The number of ether oxygens (including phenoxy) is 4. The second kappa shape index (κ2) is 58.2. The molecule has 2 aliphatic rings.